The number of guanidine groups is 1. The van der Waals surface area contributed by atoms with Crippen LogP contribution in [0.5, 0.6) is 0 Å². The molecule has 0 heterocycles. The third-order valence-electron chi connectivity index (χ3n) is 3.81. The highest BCUT2D eigenvalue weighted by molar-refractivity contribution is 5.84. The molecule has 23 heavy (non-hydrogen) atoms. The van der Waals surface area contributed by atoms with Crippen molar-refractivity contribution in [3.05, 3.63) is 35.1 Å². The summed E-state index contributed by atoms with van der Waals surface area (Å²) in [4.78, 5) is 15.9. The van der Waals surface area contributed by atoms with Crippen molar-refractivity contribution in [2.75, 3.05) is 20.6 Å². The molecule has 0 aliphatic rings. The van der Waals surface area contributed by atoms with E-state index in [1.165, 1.54) is 6.07 Å². The number of benzene rings is 1. The van der Waals surface area contributed by atoms with E-state index in [9.17, 15) is 9.18 Å². The minimum Gasteiger partial charge on any atom is -0.359 e. The van der Waals surface area contributed by atoms with Gasteiger partial charge < -0.3 is 16.0 Å². The molecule has 5 nitrogen and oxygen atoms in total. The number of nitrogens with one attached hydrogen (secondary N) is 3. The van der Waals surface area contributed by atoms with Crippen molar-refractivity contribution in [2.45, 2.75) is 33.7 Å². The second-order valence-electron chi connectivity index (χ2n) is 6.26. The molecule has 0 saturated carbocycles. The summed E-state index contributed by atoms with van der Waals surface area (Å²) in [7, 11) is 3.27. The molecule has 3 N–H and O–H groups in total. The summed E-state index contributed by atoms with van der Waals surface area (Å²) < 4.78 is 13.7. The molecule has 1 aromatic carbocycles. The van der Waals surface area contributed by atoms with Gasteiger partial charge in [-0.3, -0.25) is 9.79 Å². The van der Waals surface area contributed by atoms with E-state index >= 15 is 0 Å². The molecule has 0 spiro atoms. The number of aryl methyl sites for hydroxylation is 1. The van der Waals surface area contributed by atoms with Gasteiger partial charge in [-0.05, 0) is 44.9 Å². The Balaban J connectivity index is 2.69. The van der Waals surface area contributed by atoms with Crippen molar-refractivity contribution in [1.29, 1.82) is 0 Å². The SMILES string of the molecule is CN=C(NCC(C)(C)C(=O)NC)NC(C)c1ccc(C)c(F)c1. The van der Waals surface area contributed by atoms with E-state index in [4.69, 9.17) is 0 Å². The first-order chi connectivity index (χ1) is 10.7. The first-order valence-electron chi connectivity index (χ1n) is 7.66. The molecule has 0 saturated heterocycles. The van der Waals surface area contributed by atoms with Crippen LogP contribution in [-0.4, -0.2) is 32.5 Å². The predicted octanol–water partition coefficient (Wildman–Crippen LogP) is 2.13. The van der Waals surface area contributed by atoms with E-state index in [2.05, 4.69) is 20.9 Å². The molecule has 0 radical (unpaired) electrons. The van der Waals surface area contributed by atoms with E-state index < -0.39 is 5.41 Å². The summed E-state index contributed by atoms with van der Waals surface area (Å²) in [5.74, 6) is 0.296. The number of nitrogens with zero attached hydrogens (tertiary/aromatic N) is 1. The van der Waals surface area contributed by atoms with Crippen molar-refractivity contribution in [1.82, 2.24) is 16.0 Å². The number of hydrogen-bond donors (Lipinski definition) is 3. The Morgan fingerprint density at radius 2 is 2.04 bits per heavy atom. The summed E-state index contributed by atoms with van der Waals surface area (Å²) >= 11 is 0. The zero-order chi connectivity index (χ0) is 17.6. The van der Waals surface area contributed by atoms with Crippen LogP contribution in [0, 0.1) is 18.2 Å². The molecule has 0 aliphatic heterocycles. The topological polar surface area (TPSA) is 65.5 Å². The van der Waals surface area contributed by atoms with Gasteiger partial charge in [-0.1, -0.05) is 12.1 Å². The number of carbonyl (C=O) groups excluding carboxylic acids is 1. The van der Waals surface area contributed by atoms with Gasteiger partial charge in [0.25, 0.3) is 0 Å². The molecule has 0 aromatic heterocycles. The highest BCUT2D eigenvalue weighted by atomic mass is 19.1. The summed E-state index contributed by atoms with van der Waals surface area (Å²) in [6, 6.07) is 5.06. The van der Waals surface area contributed by atoms with Gasteiger partial charge in [0.05, 0.1) is 11.5 Å². The van der Waals surface area contributed by atoms with Crippen molar-refractivity contribution in [3.63, 3.8) is 0 Å². The van der Waals surface area contributed by atoms with E-state index in [1.807, 2.05) is 26.8 Å². The van der Waals surface area contributed by atoms with E-state index in [0.29, 0.717) is 18.1 Å². The number of halogens is 1. The quantitative estimate of drug-likeness (QED) is 0.575. The molecule has 0 fully saturated rings. The second-order valence-corrected chi connectivity index (χ2v) is 6.26. The highest BCUT2D eigenvalue weighted by Gasteiger charge is 2.26. The third-order valence-corrected chi connectivity index (χ3v) is 3.81. The lowest BCUT2D eigenvalue weighted by molar-refractivity contribution is -0.128. The lowest BCUT2D eigenvalue weighted by atomic mass is 9.92. The van der Waals surface area contributed by atoms with E-state index in [1.54, 1.807) is 27.1 Å². The molecule has 128 valence electrons. The zero-order valence-corrected chi connectivity index (χ0v) is 14.7. The normalized spacial score (nSPS) is 13.4. The van der Waals surface area contributed by atoms with E-state index in [0.717, 1.165) is 5.56 Å². The van der Waals surface area contributed by atoms with Gasteiger partial charge in [0, 0.05) is 20.6 Å². The predicted molar refractivity (Wildman–Crippen MR) is 91.9 cm³/mol. The Hall–Kier alpha value is -2.11. The third kappa shape index (κ3) is 5.23. The molecule has 6 heteroatoms. The van der Waals surface area contributed by atoms with Gasteiger partial charge in [-0.25, -0.2) is 4.39 Å². The van der Waals surface area contributed by atoms with Gasteiger partial charge in [-0.2, -0.15) is 0 Å². The van der Waals surface area contributed by atoms with Gasteiger partial charge in [0.15, 0.2) is 5.96 Å². The molecule has 1 rings (SSSR count). The number of amides is 1. The van der Waals surface area contributed by atoms with Crippen LogP contribution in [0.3, 0.4) is 0 Å². The average molecular weight is 322 g/mol. The molecule has 1 amide bonds. The first-order valence-corrected chi connectivity index (χ1v) is 7.66. The largest absolute Gasteiger partial charge is 0.359 e. The van der Waals surface area contributed by atoms with E-state index in [-0.39, 0.29) is 17.8 Å². The fourth-order valence-electron chi connectivity index (χ4n) is 2.08. The van der Waals surface area contributed by atoms with Gasteiger partial charge in [0.2, 0.25) is 5.91 Å². The summed E-state index contributed by atoms with van der Waals surface area (Å²) in [6.07, 6.45) is 0. The Labute approximate surface area is 137 Å². The smallest absolute Gasteiger partial charge is 0.227 e. The van der Waals surface area contributed by atoms with Gasteiger partial charge >= 0.3 is 0 Å². The minimum absolute atomic E-state index is 0.0471. The summed E-state index contributed by atoms with van der Waals surface area (Å²) in [5.41, 5.74) is 0.892. The maximum Gasteiger partial charge on any atom is 0.227 e. The zero-order valence-electron chi connectivity index (χ0n) is 14.7. The van der Waals surface area contributed by atoms with Crippen LogP contribution >= 0.6 is 0 Å². The fraction of sp³-hybridized carbons (Fsp3) is 0.529. The Bertz CT molecular complexity index is 584. The average Bonchev–Trinajstić information content (AvgIpc) is 2.52. The first kappa shape index (κ1) is 18.9. The highest BCUT2D eigenvalue weighted by Crippen LogP contribution is 2.16. The lowest BCUT2D eigenvalue weighted by Gasteiger charge is -2.25. The maximum absolute atomic E-state index is 13.7. The molecule has 1 aromatic rings. The van der Waals surface area contributed by atoms with Crippen LogP contribution in [0.15, 0.2) is 23.2 Å². The number of rotatable bonds is 5. The van der Waals surface area contributed by atoms with Crippen LogP contribution in [-0.2, 0) is 4.79 Å². The summed E-state index contributed by atoms with van der Waals surface area (Å²) in [5, 5.41) is 8.98. The fourth-order valence-corrected chi connectivity index (χ4v) is 2.08. The Morgan fingerprint density at radius 3 is 2.57 bits per heavy atom. The van der Waals surface area contributed by atoms with Crippen molar-refractivity contribution < 1.29 is 9.18 Å². The number of hydrogen-bond acceptors (Lipinski definition) is 2. The van der Waals surface area contributed by atoms with Crippen LogP contribution in [0.4, 0.5) is 4.39 Å². The summed E-state index contributed by atoms with van der Waals surface area (Å²) in [6.45, 7) is 7.80. The number of aliphatic imine (C=N–C) groups is 1. The molecule has 1 atom stereocenters. The lowest BCUT2D eigenvalue weighted by Crippen LogP contribution is -2.47. The molecule has 0 bridgehead atoms. The molecular weight excluding hydrogens is 295 g/mol. The Kier molecular flexibility index (Phi) is 6.54. The van der Waals surface area contributed by atoms with Crippen molar-refractivity contribution in [2.24, 2.45) is 10.4 Å². The monoisotopic (exact) mass is 322 g/mol. The van der Waals surface area contributed by atoms with Gasteiger partial charge in [0.1, 0.15) is 5.82 Å². The molecular formula is C17H27FN4O. The number of carbonyl (C=O) groups is 1. The Morgan fingerprint density at radius 1 is 1.39 bits per heavy atom. The van der Waals surface area contributed by atoms with Crippen LogP contribution in [0.25, 0.3) is 0 Å². The van der Waals surface area contributed by atoms with Crippen LogP contribution in [0.1, 0.15) is 37.9 Å². The second kappa shape index (κ2) is 7.94. The van der Waals surface area contributed by atoms with Gasteiger partial charge in [-0.15, -0.1) is 0 Å². The maximum atomic E-state index is 13.7. The molecule has 0 aliphatic carbocycles. The van der Waals surface area contributed by atoms with Crippen LogP contribution < -0.4 is 16.0 Å². The van der Waals surface area contributed by atoms with Crippen LogP contribution in [0.2, 0.25) is 0 Å². The molecule has 1 unspecified atom stereocenters. The minimum atomic E-state index is -0.564. The standard InChI is InChI=1S/C17H27FN4O/c1-11-7-8-13(9-14(11)18)12(2)22-16(20-6)21-10-17(3,4)15(23)19-5/h7-9,12H,10H2,1-6H3,(H,19,23)(H2,20,21,22). The van der Waals surface area contributed by atoms with Crippen molar-refractivity contribution in [3.8, 4) is 0 Å². The van der Waals surface area contributed by atoms with Crippen molar-refractivity contribution >= 4 is 11.9 Å².